The number of amides is 2. The van der Waals surface area contributed by atoms with Crippen LogP contribution in [-0.2, 0) is 12.8 Å². The Balaban J connectivity index is 1.84. The molecular formula is C17H16N3O2+. The lowest BCUT2D eigenvalue weighted by Gasteiger charge is -2.13. The molecule has 1 aliphatic carbocycles. The van der Waals surface area contributed by atoms with E-state index in [-0.39, 0.29) is 11.9 Å². The third-order valence-electron chi connectivity index (χ3n) is 4.36. The lowest BCUT2D eigenvalue weighted by molar-refractivity contribution is -0.576. The number of aryl methyl sites for hydroxylation is 2. The van der Waals surface area contributed by atoms with Crippen LogP contribution in [0, 0.1) is 6.92 Å². The molecule has 0 N–H and O–H groups in total. The van der Waals surface area contributed by atoms with Crippen molar-refractivity contribution >= 4 is 17.6 Å². The maximum absolute atomic E-state index is 12.8. The molecule has 1 aromatic carbocycles. The number of fused-ring (bicyclic) bond motifs is 3. The molecule has 0 bridgehead atoms. The molecule has 2 aliphatic rings. The normalized spacial score (nSPS) is 16.7. The van der Waals surface area contributed by atoms with Crippen LogP contribution in [0.4, 0.5) is 10.5 Å². The number of rotatable bonds is 1. The summed E-state index contributed by atoms with van der Waals surface area (Å²) in [6.07, 6.45) is 5.34. The molecule has 0 fully saturated rings. The molecule has 1 aromatic heterocycles. The van der Waals surface area contributed by atoms with Crippen molar-refractivity contribution in [2.24, 2.45) is 0 Å². The van der Waals surface area contributed by atoms with E-state index >= 15 is 0 Å². The van der Waals surface area contributed by atoms with Gasteiger partial charge in [0.25, 0.3) is 0 Å². The molecule has 0 saturated heterocycles. The monoisotopic (exact) mass is 294 g/mol. The summed E-state index contributed by atoms with van der Waals surface area (Å²) in [6.45, 7) is 1.97. The summed E-state index contributed by atoms with van der Waals surface area (Å²) in [5.74, 6) is -0.297. The van der Waals surface area contributed by atoms with Crippen molar-refractivity contribution in [2.45, 2.75) is 32.6 Å². The topological polar surface area (TPSA) is 54.2 Å². The third-order valence-corrected chi connectivity index (χ3v) is 4.36. The first-order chi connectivity index (χ1) is 10.7. The van der Waals surface area contributed by atoms with Gasteiger partial charge >= 0.3 is 11.9 Å². The van der Waals surface area contributed by atoms with E-state index in [1.54, 1.807) is 22.9 Å². The van der Waals surface area contributed by atoms with Crippen LogP contribution in [-0.4, -0.2) is 16.9 Å². The van der Waals surface area contributed by atoms with Crippen LogP contribution in [0.15, 0.2) is 30.5 Å². The molecule has 2 aromatic rings. The smallest absolute Gasteiger partial charge is 0.252 e. The van der Waals surface area contributed by atoms with Crippen LogP contribution in [0.2, 0.25) is 0 Å². The van der Waals surface area contributed by atoms with Gasteiger partial charge in [-0.3, -0.25) is 4.98 Å². The van der Waals surface area contributed by atoms with Gasteiger partial charge in [-0.25, -0.2) is 4.79 Å². The van der Waals surface area contributed by atoms with Gasteiger partial charge in [0.15, 0.2) is 0 Å². The van der Waals surface area contributed by atoms with Crippen LogP contribution in [0.5, 0.6) is 0 Å². The fourth-order valence-corrected chi connectivity index (χ4v) is 3.19. The quantitative estimate of drug-likeness (QED) is 0.758. The molecular weight excluding hydrogens is 278 g/mol. The third kappa shape index (κ3) is 1.78. The Hall–Kier alpha value is -2.56. The highest BCUT2D eigenvalue weighted by Crippen LogP contribution is 2.24. The molecule has 5 heteroatoms. The number of carbonyl (C=O) groups excluding carboxylic acids is 2. The molecule has 110 valence electrons. The number of hydrogen-bond acceptors (Lipinski definition) is 3. The van der Waals surface area contributed by atoms with Gasteiger partial charge in [-0.2, -0.15) is 4.79 Å². The maximum Gasteiger partial charge on any atom is 0.512 e. The van der Waals surface area contributed by atoms with Crippen molar-refractivity contribution in [3.8, 4) is 0 Å². The van der Waals surface area contributed by atoms with E-state index in [0.717, 1.165) is 42.6 Å². The van der Waals surface area contributed by atoms with E-state index in [1.165, 1.54) is 4.90 Å². The summed E-state index contributed by atoms with van der Waals surface area (Å²) < 4.78 is 1.56. The van der Waals surface area contributed by atoms with Crippen LogP contribution in [0.1, 0.15) is 40.3 Å². The zero-order valence-corrected chi connectivity index (χ0v) is 12.4. The predicted octanol–water partition coefficient (Wildman–Crippen LogP) is 2.18. The summed E-state index contributed by atoms with van der Waals surface area (Å²) in [7, 11) is 0. The second-order valence-corrected chi connectivity index (χ2v) is 5.84. The van der Waals surface area contributed by atoms with E-state index < -0.39 is 0 Å². The average Bonchev–Trinajstić information content (AvgIpc) is 2.80. The van der Waals surface area contributed by atoms with Gasteiger partial charge in [0.05, 0.1) is 11.9 Å². The standard InChI is InChI=1S/C17H16N3O2/c1-11-6-8-12(9-7-11)19-16(21)15-10-18-13-4-2-3-5-14(13)20(15)17(19)22/h6-10H,2-5H2,1H3/q+1. The van der Waals surface area contributed by atoms with Crippen LogP contribution < -0.4 is 9.47 Å². The van der Waals surface area contributed by atoms with E-state index in [9.17, 15) is 9.59 Å². The van der Waals surface area contributed by atoms with Gasteiger partial charge in [0.2, 0.25) is 5.69 Å². The van der Waals surface area contributed by atoms with Crippen LogP contribution in [0.3, 0.4) is 0 Å². The summed E-state index contributed by atoms with van der Waals surface area (Å²) in [5, 5.41) is 0. The number of benzene rings is 1. The predicted molar refractivity (Wildman–Crippen MR) is 79.9 cm³/mol. The summed E-state index contributed by atoms with van der Waals surface area (Å²) in [5.41, 5.74) is 3.91. The lowest BCUT2D eigenvalue weighted by atomic mass is 10.00. The summed E-state index contributed by atoms with van der Waals surface area (Å²) in [4.78, 5) is 31.1. The highest BCUT2D eigenvalue weighted by Gasteiger charge is 2.49. The summed E-state index contributed by atoms with van der Waals surface area (Å²) >= 11 is 0. The Labute approximate surface area is 128 Å². The van der Waals surface area contributed by atoms with E-state index in [0.29, 0.717) is 11.4 Å². The SMILES string of the molecule is Cc1ccc(N2C(=O)c3cnc4c([n+]3C2=O)CCCC4)cc1. The van der Waals surface area contributed by atoms with Gasteiger partial charge in [-0.15, -0.1) is 9.47 Å². The van der Waals surface area contributed by atoms with Gasteiger partial charge in [0.1, 0.15) is 11.4 Å². The fraction of sp³-hybridized carbons (Fsp3) is 0.294. The molecule has 2 heterocycles. The molecule has 4 rings (SSSR count). The molecule has 0 spiro atoms. The minimum absolute atomic E-state index is 0.288. The van der Waals surface area contributed by atoms with Gasteiger partial charge < -0.3 is 0 Å². The van der Waals surface area contributed by atoms with E-state index in [2.05, 4.69) is 4.98 Å². The highest BCUT2D eigenvalue weighted by atomic mass is 16.2. The van der Waals surface area contributed by atoms with Crippen molar-refractivity contribution in [3.63, 3.8) is 0 Å². The van der Waals surface area contributed by atoms with E-state index in [1.807, 2.05) is 19.1 Å². The molecule has 0 atom stereocenters. The molecule has 0 radical (unpaired) electrons. The first kappa shape index (κ1) is 13.1. The minimum Gasteiger partial charge on any atom is -0.252 e. The molecule has 0 unspecified atom stereocenters. The molecule has 5 nitrogen and oxygen atoms in total. The molecule has 22 heavy (non-hydrogen) atoms. The highest BCUT2D eigenvalue weighted by molar-refractivity contribution is 6.20. The van der Waals surface area contributed by atoms with Gasteiger partial charge in [-0.1, -0.05) is 17.7 Å². The second-order valence-electron chi connectivity index (χ2n) is 5.84. The maximum atomic E-state index is 12.8. The Kier molecular flexibility index (Phi) is 2.82. The van der Waals surface area contributed by atoms with Crippen molar-refractivity contribution in [2.75, 3.05) is 4.90 Å². The van der Waals surface area contributed by atoms with Crippen LogP contribution in [0.25, 0.3) is 0 Å². The number of nitrogens with zero attached hydrogens (tertiary/aromatic N) is 3. The number of anilines is 1. The fourth-order valence-electron chi connectivity index (χ4n) is 3.19. The van der Waals surface area contributed by atoms with Crippen molar-refractivity contribution in [1.82, 2.24) is 4.98 Å². The summed E-state index contributed by atoms with van der Waals surface area (Å²) in [6, 6.07) is 7.12. The van der Waals surface area contributed by atoms with Crippen molar-refractivity contribution in [3.05, 3.63) is 53.1 Å². The first-order valence-electron chi connectivity index (χ1n) is 7.55. The van der Waals surface area contributed by atoms with Crippen molar-refractivity contribution in [1.29, 1.82) is 0 Å². The second kappa shape index (κ2) is 4.73. The zero-order valence-electron chi connectivity index (χ0n) is 12.4. The Morgan fingerprint density at radius 3 is 2.59 bits per heavy atom. The Morgan fingerprint density at radius 2 is 1.82 bits per heavy atom. The average molecular weight is 294 g/mol. The number of aromatic nitrogens is 2. The number of hydrogen-bond donors (Lipinski definition) is 0. The Bertz CT molecular complexity index is 796. The molecule has 2 amide bonds. The van der Waals surface area contributed by atoms with Crippen LogP contribution >= 0.6 is 0 Å². The first-order valence-corrected chi connectivity index (χ1v) is 7.55. The number of carbonyl (C=O) groups is 2. The van der Waals surface area contributed by atoms with Gasteiger partial charge in [-0.05, 0) is 38.3 Å². The minimum atomic E-state index is -0.297. The lowest BCUT2D eigenvalue weighted by Crippen LogP contribution is -2.50. The van der Waals surface area contributed by atoms with E-state index in [4.69, 9.17) is 0 Å². The zero-order chi connectivity index (χ0) is 15.3. The Morgan fingerprint density at radius 1 is 1.09 bits per heavy atom. The van der Waals surface area contributed by atoms with Crippen molar-refractivity contribution < 1.29 is 14.2 Å². The largest absolute Gasteiger partial charge is 0.512 e. The van der Waals surface area contributed by atoms with Gasteiger partial charge in [0, 0.05) is 6.42 Å². The number of imide groups is 1. The molecule has 1 aliphatic heterocycles. The molecule has 0 saturated carbocycles.